The molecule has 1 atom stereocenters. The molecule has 1 amide bonds. The van der Waals surface area contributed by atoms with Gasteiger partial charge in [0.05, 0.1) is 11.9 Å². The monoisotopic (exact) mass is 346 g/mol. The summed E-state index contributed by atoms with van der Waals surface area (Å²) in [5.74, 6) is 0.0833. The lowest BCUT2D eigenvalue weighted by molar-refractivity contribution is -0.122. The van der Waals surface area contributed by atoms with Crippen LogP contribution in [0.15, 0.2) is 54.6 Å². The second-order valence-electron chi connectivity index (χ2n) is 5.55. The van der Waals surface area contributed by atoms with Gasteiger partial charge in [-0.25, -0.2) is 8.42 Å². The lowest BCUT2D eigenvalue weighted by Crippen LogP contribution is -2.35. The van der Waals surface area contributed by atoms with E-state index < -0.39 is 16.1 Å². The van der Waals surface area contributed by atoms with E-state index in [0.29, 0.717) is 17.1 Å². The zero-order chi connectivity index (χ0) is 17.2. The molecule has 0 radical (unpaired) electrons. The van der Waals surface area contributed by atoms with Gasteiger partial charge >= 0.3 is 0 Å². The van der Waals surface area contributed by atoms with Crippen LogP contribution in [0.1, 0.15) is 6.42 Å². The molecule has 24 heavy (non-hydrogen) atoms. The molecule has 0 fully saturated rings. The van der Waals surface area contributed by atoms with Gasteiger partial charge in [0.1, 0.15) is 5.75 Å². The Hall–Kier alpha value is -2.54. The number of rotatable bonds is 3. The Morgan fingerprint density at radius 2 is 1.79 bits per heavy atom. The Morgan fingerprint density at radius 3 is 2.50 bits per heavy atom. The van der Waals surface area contributed by atoms with E-state index in [1.165, 1.54) is 4.31 Å². The SMILES string of the molecule is CS(=O)(=O)N1CC[C@@H](C(=O)Nc2ccccc2)Oc2ccccc21. The van der Waals surface area contributed by atoms with E-state index in [9.17, 15) is 13.2 Å². The zero-order valence-electron chi connectivity index (χ0n) is 13.2. The first-order valence-corrected chi connectivity index (χ1v) is 9.39. The number of para-hydroxylation sites is 3. The molecular formula is C17H18N2O4S. The Labute approximate surface area is 141 Å². The van der Waals surface area contributed by atoms with Crippen LogP contribution < -0.4 is 14.4 Å². The van der Waals surface area contributed by atoms with Crippen LogP contribution in [-0.4, -0.2) is 33.2 Å². The number of carbonyl (C=O) groups is 1. The molecule has 0 bridgehead atoms. The lowest BCUT2D eigenvalue weighted by atomic mass is 10.2. The van der Waals surface area contributed by atoms with Crippen LogP contribution in [0, 0.1) is 0 Å². The van der Waals surface area contributed by atoms with E-state index in [-0.39, 0.29) is 18.9 Å². The minimum atomic E-state index is -3.45. The van der Waals surface area contributed by atoms with Crippen molar-refractivity contribution in [1.29, 1.82) is 0 Å². The predicted octanol–water partition coefficient (Wildman–Crippen LogP) is 2.24. The summed E-state index contributed by atoms with van der Waals surface area (Å²) in [5.41, 5.74) is 1.12. The third kappa shape index (κ3) is 3.51. The number of anilines is 2. The Kier molecular flexibility index (Phi) is 4.44. The third-order valence-electron chi connectivity index (χ3n) is 3.73. The maximum Gasteiger partial charge on any atom is 0.265 e. The highest BCUT2D eigenvalue weighted by Crippen LogP contribution is 2.33. The number of carbonyl (C=O) groups excluding carboxylic acids is 1. The number of ether oxygens (including phenoxy) is 1. The molecule has 1 aliphatic heterocycles. The first-order chi connectivity index (χ1) is 11.4. The molecule has 0 saturated heterocycles. The van der Waals surface area contributed by atoms with Gasteiger partial charge in [-0.1, -0.05) is 30.3 Å². The fraction of sp³-hybridized carbons (Fsp3) is 0.235. The Morgan fingerprint density at radius 1 is 1.12 bits per heavy atom. The standard InChI is InChI=1S/C17H18N2O4S/c1-24(21,22)19-12-11-16(23-15-10-6-5-9-14(15)19)17(20)18-13-7-3-2-4-8-13/h2-10,16H,11-12H2,1H3,(H,18,20)/t16-/m0/s1. The molecule has 1 N–H and O–H groups in total. The minimum absolute atomic E-state index is 0.183. The van der Waals surface area contributed by atoms with Crippen molar-refractivity contribution < 1.29 is 17.9 Å². The maximum absolute atomic E-state index is 12.5. The summed E-state index contributed by atoms with van der Waals surface area (Å²) in [6.45, 7) is 0.183. The molecule has 2 aromatic carbocycles. The minimum Gasteiger partial charge on any atom is -0.478 e. The molecular weight excluding hydrogens is 328 g/mol. The van der Waals surface area contributed by atoms with Gasteiger partial charge in [0.2, 0.25) is 10.0 Å². The van der Waals surface area contributed by atoms with E-state index >= 15 is 0 Å². The van der Waals surface area contributed by atoms with Crippen molar-refractivity contribution in [3.63, 3.8) is 0 Å². The van der Waals surface area contributed by atoms with E-state index in [2.05, 4.69) is 5.32 Å². The normalized spacial score (nSPS) is 17.4. The summed E-state index contributed by atoms with van der Waals surface area (Å²) < 4.78 is 31.2. The Balaban J connectivity index is 1.85. The molecule has 0 unspecified atom stereocenters. The smallest absolute Gasteiger partial charge is 0.265 e. The number of nitrogens with one attached hydrogen (secondary N) is 1. The van der Waals surface area contributed by atoms with Crippen molar-refractivity contribution in [3.8, 4) is 5.75 Å². The maximum atomic E-state index is 12.5. The van der Waals surface area contributed by atoms with E-state index in [4.69, 9.17) is 4.74 Å². The van der Waals surface area contributed by atoms with Gasteiger partial charge in [0, 0.05) is 18.7 Å². The van der Waals surface area contributed by atoms with Crippen LogP contribution in [0.3, 0.4) is 0 Å². The summed E-state index contributed by atoms with van der Waals surface area (Å²) in [5, 5.41) is 2.79. The number of fused-ring (bicyclic) bond motifs is 1. The highest BCUT2D eigenvalue weighted by Gasteiger charge is 2.30. The van der Waals surface area contributed by atoms with Gasteiger partial charge in [0.15, 0.2) is 6.10 Å². The molecule has 7 heteroatoms. The molecule has 126 valence electrons. The van der Waals surface area contributed by atoms with Gasteiger partial charge in [-0.15, -0.1) is 0 Å². The average Bonchev–Trinajstić information content (AvgIpc) is 2.75. The first kappa shape index (κ1) is 16.3. The molecule has 6 nitrogen and oxygen atoms in total. The van der Waals surface area contributed by atoms with Crippen molar-refractivity contribution in [1.82, 2.24) is 0 Å². The summed E-state index contributed by atoms with van der Waals surface area (Å²) in [7, 11) is -3.45. The Bertz CT molecular complexity index is 837. The molecule has 1 heterocycles. The first-order valence-electron chi connectivity index (χ1n) is 7.54. The molecule has 0 saturated carbocycles. The van der Waals surface area contributed by atoms with E-state index in [0.717, 1.165) is 6.26 Å². The number of amides is 1. The quantitative estimate of drug-likeness (QED) is 0.925. The van der Waals surface area contributed by atoms with Gasteiger partial charge in [-0.2, -0.15) is 0 Å². The van der Waals surface area contributed by atoms with Crippen molar-refractivity contribution in [2.24, 2.45) is 0 Å². The van der Waals surface area contributed by atoms with Crippen LogP contribution >= 0.6 is 0 Å². The topological polar surface area (TPSA) is 75.7 Å². The number of benzene rings is 2. The van der Waals surface area contributed by atoms with Gasteiger partial charge in [-0.3, -0.25) is 9.10 Å². The van der Waals surface area contributed by atoms with Crippen molar-refractivity contribution in [2.75, 3.05) is 22.4 Å². The summed E-state index contributed by atoms with van der Waals surface area (Å²) in [4.78, 5) is 12.5. The second kappa shape index (κ2) is 6.52. The second-order valence-corrected chi connectivity index (χ2v) is 7.46. The van der Waals surface area contributed by atoms with Crippen LogP contribution in [0.25, 0.3) is 0 Å². The fourth-order valence-corrected chi connectivity index (χ4v) is 3.55. The van der Waals surface area contributed by atoms with Gasteiger partial charge in [-0.05, 0) is 24.3 Å². The van der Waals surface area contributed by atoms with Gasteiger partial charge < -0.3 is 10.1 Å². The number of hydrogen-bond donors (Lipinski definition) is 1. The van der Waals surface area contributed by atoms with Crippen molar-refractivity contribution >= 4 is 27.3 Å². The van der Waals surface area contributed by atoms with Crippen molar-refractivity contribution in [3.05, 3.63) is 54.6 Å². The summed E-state index contributed by atoms with van der Waals surface area (Å²) >= 11 is 0. The number of nitrogens with zero attached hydrogens (tertiary/aromatic N) is 1. The van der Waals surface area contributed by atoms with E-state index in [1.807, 2.05) is 18.2 Å². The predicted molar refractivity (Wildman–Crippen MR) is 92.7 cm³/mol. The number of hydrogen-bond acceptors (Lipinski definition) is 4. The van der Waals surface area contributed by atoms with E-state index in [1.54, 1.807) is 36.4 Å². The molecule has 3 rings (SSSR count). The average molecular weight is 346 g/mol. The molecule has 0 aliphatic carbocycles. The largest absolute Gasteiger partial charge is 0.478 e. The van der Waals surface area contributed by atoms with Gasteiger partial charge in [0.25, 0.3) is 5.91 Å². The molecule has 1 aliphatic rings. The number of sulfonamides is 1. The van der Waals surface area contributed by atoms with Crippen LogP contribution in [0.2, 0.25) is 0 Å². The third-order valence-corrected chi connectivity index (χ3v) is 4.91. The lowest BCUT2D eigenvalue weighted by Gasteiger charge is -2.20. The highest BCUT2D eigenvalue weighted by atomic mass is 32.2. The molecule has 0 spiro atoms. The van der Waals surface area contributed by atoms with Crippen molar-refractivity contribution in [2.45, 2.75) is 12.5 Å². The molecule has 2 aromatic rings. The fourth-order valence-electron chi connectivity index (χ4n) is 2.60. The summed E-state index contributed by atoms with van der Waals surface area (Å²) in [6, 6.07) is 15.9. The highest BCUT2D eigenvalue weighted by molar-refractivity contribution is 7.92. The summed E-state index contributed by atoms with van der Waals surface area (Å²) in [6.07, 6.45) is 0.646. The van der Waals surface area contributed by atoms with Crippen LogP contribution in [-0.2, 0) is 14.8 Å². The molecule has 0 aromatic heterocycles. The zero-order valence-corrected chi connectivity index (χ0v) is 14.0. The van der Waals surface area contributed by atoms with Crippen LogP contribution in [0.5, 0.6) is 5.75 Å². The van der Waals surface area contributed by atoms with Crippen LogP contribution in [0.4, 0.5) is 11.4 Å².